The van der Waals surface area contributed by atoms with Crippen molar-refractivity contribution in [3.63, 3.8) is 0 Å². The fourth-order valence-electron chi connectivity index (χ4n) is 2.02. The molecule has 1 unspecified atom stereocenters. The average Bonchev–Trinajstić information content (AvgIpc) is 2.39. The Morgan fingerprint density at radius 3 is 2.05 bits per heavy atom. The summed E-state index contributed by atoms with van der Waals surface area (Å²) in [6.07, 6.45) is 0. The van der Waals surface area contributed by atoms with Gasteiger partial charge in [0, 0.05) is 0 Å². The number of esters is 1. The van der Waals surface area contributed by atoms with Crippen molar-refractivity contribution >= 4 is 5.97 Å². The molecule has 5 nitrogen and oxygen atoms in total. The van der Waals surface area contributed by atoms with Gasteiger partial charge in [-0.15, -0.1) is 0 Å². The molecule has 0 fully saturated rings. The van der Waals surface area contributed by atoms with Crippen LogP contribution in [0.2, 0.25) is 0 Å². The first-order valence-electron chi connectivity index (χ1n) is 5.93. The highest BCUT2D eigenvalue weighted by atomic mass is 16.5. The van der Waals surface area contributed by atoms with Crippen LogP contribution < -0.4 is 9.47 Å². The van der Waals surface area contributed by atoms with Crippen LogP contribution in [0.5, 0.6) is 11.5 Å². The van der Waals surface area contributed by atoms with Gasteiger partial charge in [-0.3, -0.25) is 4.90 Å². The molecule has 0 spiro atoms. The molecule has 19 heavy (non-hydrogen) atoms. The summed E-state index contributed by atoms with van der Waals surface area (Å²) in [6, 6.07) is 3.20. The van der Waals surface area contributed by atoms with Gasteiger partial charge >= 0.3 is 5.97 Å². The van der Waals surface area contributed by atoms with Crippen LogP contribution in [0.25, 0.3) is 0 Å². The SMILES string of the molecule is COC(=O)C(c1cc(OC)c(OC)cc1C)N(C)C. The minimum atomic E-state index is -0.468. The summed E-state index contributed by atoms with van der Waals surface area (Å²) in [6.45, 7) is 1.93. The van der Waals surface area contributed by atoms with Crippen molar-refractivity contribution in [3.05, 3.63) is 23.3 Å². The van der Waals surface area contributed by atoms with Crippen LogP contribution in [0.4, 0.5) is 0 Å². The number of hydrogen-bond acceptors (Lipinski definition) is 5. The Bertz CT molecular complexity index is 457. The molecule has 0 saturated heterocycles. The monoisotopic (exact) mass is 267 g/mol. The van der Waals surface area contributed by atoms with Crippen molar-refractivity contribution in [1.82, 2.24) is 4.90 Å². The van der Waals surface area contributed by atoms with Crippen LogP contribution in [0.15, 0.2) is 12.1 Å². The molecule has 0 saturated carbocycles. The van der Waals surface area contributed by atoms with E-state index >= 15 is 0 Å². The minimum Gasteiger partial charge on any atom is -0.493 e. The van der Waals surface area contributed by atoms with Gasteiger partial charge in [-0.1, -0.05) is 0 Å². The van der Waals surface area contributed by atoms with E-state index in [2.05, 4.69) is 0 Å². The molecule has 1 aromatic carbocycles. The number of carbonyl (C=O) groups excluding carboxylic acids is 1. The zero-order valence-corrected chi connectivity index (χ0v) is 12.3. The summed E-state index contributed by atoms with van der Waals surface area (Å²) in [4.78, 5) is 13.7. The molecule has 0 aliphatic heterocycles. The maximum Gasteiger partial charge on any atom is 0.327 e. The predicted molar refractivity (Wildman–Crippen MR) is 72.7 cm³/mol. The lowest BCUT2D eigenvalue weighted by Crippen LogP contribution is -2.29. The largest absolute Gasteiger partial charge is 0.493 e. The molecule has 0 aliphatic carbocycles. The van der Waals surface area contributed by atoms with Crippen molar-refractivity contribution < 1.29 is 19.0 Å². The van der Waals surface area contributed by atoms with E-state index in [1.54, 1.807) is 19.1 Å². The molecule has 0 N–H and O–H groups in total. The molecule has 5 heteroatoms. The van der Waals surface area contributed by atoms with E-state index in [0.29, 0.717) is 11.5 Å². The Morgan fingerprint density at radius 1 is 1.11 bits per heavy atom. The first kappa shape index (κ1) is 15.3. The van der Waals surface area contributed by atoms with E-state index in [0.717, 1.165) is 11.1 Å². The zero-order chi connectivity index (χ0) is 14.6. The third-order valence-electron chi connectivity index (χ3n) is 3.01. The molecule has 0 amide bonds. The van der Waals surface area contributed by atoms with Gasteiger partial charge in [0.2, 0.25) is 0 Å². The number of hydrogen-bond donors (Lipinski definition) is 0. The Morgan fingerprint density at radius 2 is 1.63 bits per heavy atom. The topological polar surface area (TPSA) is 48.0 Å². The average molecular weight is 267 g/mol. The zero-order valence-electron chi connectivity index (χ0n) is 12.3. The Kier molecular flexibility index (Phi) is 5.18. The van der Waals surface area contributed by atoms with Gasteiger partial charge in [-0.05, 0) is 44.3 Å². The van der Waals surface area contributed by atoms with E-state index < -0.39 is 6.04 Å². The van der Waals surface area contributed by atoms with E-state index in [9.17, 15) is 4.79 Å². The second-order valence-electron chi connectivity index (χ2n) is 4.45. The Hall–Kier alpha value is -1.75. The standard InChI is InChI=1S/C14H21NO4/c1-9-7-11(17-4)12(18-5)8-10(9)13(15(2)3)14(16)19-6/h7-8,13H,1-6H3. The highest BCUT2D eigenvalue weighted by Crippen LogP contribution is 2.34. The molecule has 0 heterocycles. The molecular weight excluding hydrogens is 246 g/mol. The normalized spacial score (nSPS) is 12.2. The Labute approximate surface area is 114 Å². The minimum absolute atomic E-state index is 0.305. The highest BCUT2D eigenvalue weighted by Gasteiger charge is 2.26. The van der Waals surface area contributed by atoms with Crippen molar-refractivity contribution in [2.45, 2.75) is 13.0 Å². The Balaban J connectivity index is 3.34. The quantitative estimate of drug-likeness (QED) is 0.761. The second-order valence-corrected chi connectivity index (χ2v) is 4.45. The first-order valence-corrected chi connectivity index (χ1v) is 5.93. The summed E-state index contributed by atoms with van der Waals surface area (Å²) < 4.78 is 15.4. The molecular formula is C14H21NO4. The van der Waals surface area contributed by atoms with Crippen LogP contribution in [0, 0.1) is 6.92 Å². The number of likely N-dealkylation sites (N-methyl/N-ethyl adjacent to an activating group) is 1. The maximum absolute atomic E-state index is 11.9. The highest BCUT2D eigenvalue weighted by molar-refractivity contribution is 5.78. The lowest BCUT2D eigenvalue weighted by molar-refractivity contribution is -0.146. The third-order valence-corrected chi connectivity index (χ3v) is 3.01. The lowest BCUT2D eigenvalue weighted by atomic mass is 9.99. The van der Waals surface area contributed by atoms with Crippen molar-refractivity contribution in [2.75, 3.05) is 35.4 Å². The molecule has 1 atom stereocenters. The van der Waals surface area contributed by atoms with Gasteiger partial charge in [0.15, 0.2) is 11.5 Å². The fraction of sp³-hybridized carbons (Fsp3) is 0.500. The lowest BCUT2D eigenvalue weighted by Gasteiger charge is -2.24. The van der Waals surface area contributed by atoms with Gasteiger partial charge in [-0.25, -0.2) is 4.79 Å². The number of nitrogens with zero attached hydrogens (tertiary/aromatic N) is 1. The second kappa shape index (κ2) is 6.43. The van der Waals surface area contributed by atoms with Crippen molar-refractivity contribution in [1.29, 1.82) is 0 Å². The number of benzene rings is 1. The fourth-order valence-corrected chi connectivity index (χ4v) is 2.02. The van der Waals surface area contributed by atoms with E-state index in [-0.39, 0.29) is 5.97 Å². The summed E-state index contributed by atoms with van der Waals surface area (Å²) in [7, 11) is 8.20. The van der Waals surface area contributed by atoms with Gasteiger partial charge in [0.05, 0.1) is 21.3 Å². The van der Waals surface area contributed by atoms with Gasteiger partial charge < -0.3 is 14.2 Å². The van der Waals surface area contributed by atoms with Crippen LogP contribution in [-0.4, -0.2) is 46.3 Å². The summed E-state index contributed by atoms with van der Waals surface area (Å²) in [5.41, 5.74) is 1.79. The number of methoxy groups -OCH3 is 3. The number of carbonyl (C=O) groups is 1. The number of ether oxygens (including phenoxy) is 3. The van der Waals surface area contributed by atoms with Crippen LogP contribution >= 0.6 is 0 Å². The molecule has 0 radical (unpaired) electrons. The summed E-state index contributed by atoms with van der Waals surface area (Å²) >= 11 is 0. The smallest absolute Gasteiger partial charge is 0.327 e. The van der Waals surface area contributed by atoms with E-state index in [4.69, 9.17) is 14.2 Å². The van der Waals surface area contributed by atoms with Crippen LogP contribution in [0.3, 0.4) is 0 Å². The first-order chi connectivity index (χ1) is 8.96. The number of aryl methyl sites for hydroxylation is 1. The molecule has 1 rings (SSSR count). The van der Waals surface area contributed by atoms with Crippen molar-refractivity contribution in [3.8, 4) is 11.5 Å². The van der Waals surface area contributed by atoms with Gasteiger partial charge in [0.25, 0.3) is 0 Å². The van der Waals surface area contributed by atoms with Crippen LogP contribution in [-0.2, 0) is 9.53 Å². The summed E-state index contributed by atoms with van der Waals surface area (Å²) in [5, 5.41) is 0. The van der Waals surface area contributed by atoms with Gasteiger partial charge in [0.1, 0.15) is 6.04 Å². The molecule has 0 aromatic heterocycles. The van der Waals surface area contributed by atoms with Crippen molar-refractivity contribution in [2.24, 2.45) is 0 Å². The maximum atomic E-state index is 11.9. The molecule has 0 bridgehead atoms. The molecule has 1 aromatic rings. The third kappa shape index (κ3) is 3.17. The predicted octanol–water partition coefficient (Wildman–Crippen LogP) is 1.79. The summed E-state index contributed by atoms with van der Waals surface area (Å²) in [5.74, 6) is 0.935. The molecule has 106 valence electrons. The van der Waals surface area contributed by atoms with E-state index in [1.807, 2.05) is 33.2 Å². The van der Waals surface area contributed by atoms with E-state index in [1.165, 1.54) is 7.11 Å². The van der Waals surface area contributed by atoms with Crippen LogP contribution in [0.1, 0.15) is 17.2 Å². The number of rotatable bonds is 5. The molecule has 0 aliphatic rings. The van der Waals surface area contributed by atoms with Gasteiger partial charge in [-0.2, -0.15) is 0 Å².